The van der Waals surface area contributed by atoms with Crippen LogP contribution in [0.25, 0.3) is 16.7 Å². The van der Waals surface area contributed by atoms with Gasteiger partial charge in [-0.15, -0.1) is 0 Å². The van der Waals surface area contributed by atoms with E-state index in [1.807, 2.05) is 83.2 Å². The highest BCUT2D eigenvalue weighted by atomic mass is 16.5. The van der Waals surface area contributed by atoms with E-state index in [1.165, 1.54) is 0 Å². The summed E-state index contributed by atoms with van der Waals surface area (Å²) in [5, 5.41) is 14.2. The lowest BCUT2D eigenvalue weighted by Gasteiger charge is -2.10. The predicted octanol–water partition coefficient (Wildman–Crippen LogP) is 1.37. The van der Waals surface area contributed by atoms with Crippen LogP contribution in [-0.2, 0) is 16.1 Å². The standard InChI is InChI=1S/C22H21N5O2.CH2O2/c1-23-16-9-11-26(12-10-16)14-22(28)25-17-7-8-19-18(13-17)24-15-27(19)20-5-3-4-6-21(20)29-2;2-1-3/h3-13,15H,14H2,1-2H3,(H,25,28);1H,(H,2,3). The van der Waals surface area contributed by atoms with Crippen LogP contribution >= 0.6 is 0 Å². The second-order valence-electron chi connectivity index (χ2n) is 6.64. The zero-order chi connectivity index (χ0) is 22.9. The van der Waals surface area contributed by atoms with E-state index in [4.69, 9.17) is 14.6 Å². The quantitative estimate of drug-likeness (QED) is 0.351. The van der Waals surface area contributed by atoms with Crippen molar-refractivity contribution >= 4 is 34.8 Å². The number of methoxy groups -OCH3 is 1. The molecule has 9 nitrogen and oxygen atoms in total. The first kappa shape index (κ1) is 22.3. The first-order valence-corrected chi connectivity index (χ1v) is 9.72. The second kappa shape index (κ2) is 10.6. The average Bonchev–Trinajstić information content (AvgIpc) is 3.23. The number of rotatable bonds is 6. The van der Waals surface area contributed by atoms with E-state index in [1.54, 1.807) is 13.4 Å². The summed E-state index contributed by atoms with van der Waals surface area (Å²) in [7, 11) is 3.51. The average molecular weight is 433 g/mol. The molecule has 0 saturated heterocycles. The third kappa shape index (κ3) is 5.20. The molecule has 0 spiro atoms. The Labute approximate surface area is 184 Å². The molecule has 0 aliphatic carbocycles. The molecule has 4 aromatic rings. The number of pyridine rings is 1. The monoisotopic (exact) mass is 433 g/mol. The molecule has 2 heterocycles. The summed E-state index contributed by atoms with van der Waals surface area (Å²) in [5.74, 6) is 0.668. The first-order chi connectivity index (χ1) is 15.6. The van der Waals surface area contributed by atoms with Crippen LogP contribution < -0.4 is 25.0 Å². The second-order valence-corrected chi connectivity index (χ2v) is 6.64. The van der Waals surface area contributed by atoms with Crippen LogP contribution in [0, 0.1) is 0 Å². The molecule has 164 valence electrons. The summed E-state index contributed by atoms with van der Waals surface area (Å²) in [4.78, 5) is 25.1. The van der Waals surface area contributed by atoms with Crippen molar-refractivity contribution in [2.75, 3.05) is 24.8 Å². The molecule has 9 heteroatoms. The van der Waals surface area contributed by atoms with E-state index >= 15 is 0 Å². The molecule has 0 aliphatic heterocycles. The smallest absolute Gasteiger partial charge is 0.290 e. The number of benzene rings is 2. The number of carboxylic acid groups (broad SMARTS) is 1. The number of carbonyl (C=O) groups is 2. The SMILES string of the molecule is CNc1cc[n+](CC(=O)Nc2ccc3c(c2)ncn3-c2ccccc2OC)cc1.O=C[O-]. The predicted molar refractivity (Wildman–Crippen MR) is 118 cm³/mol. The number of para-hydroxylation sites is 2. The van der Waals surface area contributed by atoms with Crippen LogP contribution in [0.4, 0.5) is 11.4 Å². The Morgan fingerprint density at radius 3 is 2.56 bits per heavy atom. The molecule has 0 bridgehead atoms. The Balaban J connectivity index is 0.000000913. The van der Waals surface area contributed by atoms with E-state index in [9.17, 15) is 4.79 Å². The summed E-state index contributed by atoms with van der Waals surface area (Å²) in [5.41, 5.74) is 4.35. The zero-order valence-electron chi connectivity index (χ0n) is 17.7. The number of fused-ring (bicyclic) bond motifs is 1. The van der Waals surface area contributed by atoms with Gasteiger partial charge in [-0.25, -0.2) is 4.98 Å². The lowest BCUT2D eigenvalue weighted by atomic mass is 10.2. The number of ether oxygens (including phenoxy) is 1. The molecule has 2 aromatic carbocycles. The Bertz CT molecular complexity index is 1200. The highest BCUT2D eigenvalue weighted by Crippen LogP contribution is 2.27. The number of nitrogens with zero attached hydrogens (tertiary/aromatic N) is 3. The highest BCUT2D eigenvalue weighted by molar-refractivity contribution is 5.92. The third-order valence-electron chi connectivity index (χ3n) is 4.68. The molecule has 0 fully saturated rings. The summed E-state index contributed by atoms with van der Waals surface area (Å²) < 4.78 is 9.25. The van der Waals surface area contributed by atoms with Gasteiger partial charge < -0.3 is 25.3 Å². The van der Waals surface area contributed by atoms with Crippen molar-refractivity contribution in [3.8, 4) is 11.4 Å². The van der Waals surface area contributed by atoms with Gasteiger partial charge in [-0.2, -0.15) is 4.57 Å². The molecular formula is C23H23N5O4. The normalized spacial score (nSPS) is 10.1. The molecule has 0 aliphatic rings. The van der Waals surface area contributed by atoms with Gasteiger partial charge in [-0.3, -0.25) is 9.36 Å². The van der Waals surface area contributed by atoms with Crippen molar-refractivity contribution in [1.29, 1.82) is 0 Å². The van der Waals surface area contributed by atoms with E-state index in [0.717, 1.165) is 28.2 Å². The van der Waals surface area contributed by atoms with E-state index in [-0.39, 0.29) is 12.5 Å². The minimum Gasteiger partial charge on any atom is -0.554 e. The fourth-order valence-electron chi connectivity index (χ4n) is 3.21. The van der Waals surface area contributed by atoms with Crippen LogP contribution in [0.1, 0.15) is 0 Å². The van der Waals surface area contributed by atoms with Gasteiger partial charge in [0.05, 0.1) is 23.8 Å². The van der Waals surface area contributed by atoms with Crippen molar-refractivity contribution < 1.29 is 24.0 Å². The van der Waals surface area contributed by atoms with Crippen molar-refractivity contribution in [3.05, 3.63) is 73.3 Å². The van der Waals surface area contributed by atoms with Gasteiger partial charge >= 0.3 is 0 Å². The third-order valence-corrected chi connectivity index (χ3v) is 4.68. The van der Waals surface area contributed by atoms with Gasteiger partial charge in [0.15, 0.2) is 12.4 Å². The summed E-state index contributed by atoms with van der Waals surface area (Å²) in [6.45, 7) is -0.266. The van der Waals surface area contributed by atoms with Gasteiger partial charge in [0.25, 0.3) is 5.91 Å². The number of hydrogen-bond acceptors (Lipinski definition) is 6. The van der Waals surface area contributed by atoms with Crippen molar-refractivity contribution in [2.45, 2.75) is 6.54 Å². The molecule has 0 atom stereocenters. The Morgan fingerprint density at radius 2 is 1.88 bits per heavy atom. The van der Waals surface area contributed by atoms with Crippen LogP contribution in [-0.4, -0.2) is 36.1 Å². The topological polar surface area (TPSA) is 112 Å². The number of hydrogen-bond donors (Lipinski definition) is 2. The Kier molecular flexibility index (Phi) is 7.37. The first-order valence-electron chi connectivity index (χ1n) is 9.72. The molecule has 32 heavy (non-hydrogen) atoms. The number of aromatic nitrogens is 3. The Hall–Kier alpha value is -4.40. The molecule has 0 saturated carbocycles. The summed E-state index contributed by atoms with van der Waals surface area (Å²) >= 11 is 0. The number of amides is 1. The number of nitrogens with one attached hydrogen (secondary N) is 2. The lowest BCUT2D eigenvalue weighted by molar-refractivity contribution is -0.684. The minimum absolute atomic E-state index is 0.101. The van der Waals surface area contributed by atoms with Crippen molar-refractivity contribution in [2.24, 2.45) is 0 Å². The Morgan fingerprint density at radius 1 is 1.16 bits per heavy atom. The largest absolute Gasteiger partial charge is 0.554 e. The number of imidazole rings is 1. The maximum absolute atomic E-state index is 12.4. The highest BCUT2D eigenvalue weighted by Gasteiger charge is 2.12. The van der Waals surface area contributed by atoms with Crippen molar-refractivity contribution in [3.63, 3.8) is 0 Å². The molecule has 0 radical (unpaired) electrons. The van der Waals surface area contributed by atoms with E-state index < -0.39 is 6.47 Å². The molecule has 0 unspecified atom stereocenters. The van der Waals surface area contributed by atoms with E-state index in [0.29, 0.717) is 5.69 Å². The molecule has 4 rings (SSSR count). The van der Waals surface area contributed by atoms with Crippen molar-refractivity contribution in [1.82, 2.24) is 9.55 Å². The lowest BCUT2D eigenvalue weighted by Crippen LogP contribution is -2.39. The molecule has 1 amide bonds. The summed E-state index contributed by atoms with van der Waals surface area (Å²) in [6, 6.07) is 17.3. The van der Waals surface area contributed by atoms with E-state index in [2.05, 4.69) is 15.6 Å². The van der Waals surface area contributed by atoms with Crippen LogP contribution in [0.15, 0.2) is 73.3 Å². The van der Waals surface area contributed by atoms with Gasteiger partial charge in [0, 0.05) is 37.0 Å². The maximum atomic E-state index is 12.4. The van der Waals surface area contributed by atoms with Crippen LogP contribution in [0.5, 0.6) is 5.75 Å². The minimum atomic E-state index is -0.500. The summed E-state index contributed by atoms with van der Waals surface area (Å²) in [6.07, 6.45) is 5.49. The maximum Gasteiger partial charge on any atom is 0.290 e. The fourth-order valence-corrected chi connectivity index (χ4v) is 3.21. The van der Waals surface area contributed by atoms with Gasteiger partial charge in [-0.05, 0) is 30.3 Å². The van der Waals surface area contributed by atoms with Crippen LogP contribution in [0.3, 0.4) is 0 Å². The van der Waals surface area contributed by atoms with Gasteiger partial charge in [0.1, 0.15) is 12.1 Å². The van der Waals surface area contributed by atoms with Crippen LogP contribution in [0.2, 0.25) is 0 Å². The number of anilines is 2. The number of carbonyl (C=O) groups excluding carboxylic acids is 2. The molecule has 2 aromatic heterocycles. The molecule has 2 N–H and O–H groups in total. The van der Waals surface area contributed by atoms with Gasteiger partial charge in [0.2, 0.25) is 6.54 Å². The van der Waals surface area contributed by atoms with Gasteiger partial charge in [-0.1, -0.05) is 12.1 Å². The fraction of sp³-hybridized carbons (Fsp3) is 0.130. The molecular weight excluding hydrogens is 410 g/mol. The zero-order valence-corrected chi connectivity index (χ0v) is 17.7.